The van der Waals surface area contributed by atoms with Gasteiger partial charge in [-0.1, -0.05) is 6.42 Å². The predicted molar refractivity (Wildman–Crippen MR) is 68.8 cm³/mol. The predicted octanol–water partition coefficient (Wildman–Crippen LogP) is 1.15. The largest absolute Gasteiger partial charge is 0.314 e. The van der Waals surface area contributed by atoms with Crippen LogP contribution < -0.4 is 5.56 Å². The molecule has 0 bridgehead atoms. The van der Waals surface area contributed by atoms with Crippen LogP contribution in [0.4, 0.5) is 0 Å². The fourth-order valence-electron chi connectivity index (χ4n) is 3.12. The summed E-state index contributed by atoms with van der Waals surface area (Å²) in [7, 11) is 0. The van der Waals surface area contributed by atoms with E-state index in [-0.39, 0.29) is 11.1 Å². The fraction of sp³-hybridized carbons (Fsp3) is 0.571. The highest BCUT2D eigenvalue weighted by molar-refractivity contribution is 5.73. The summed E-state index contributed by atoms with van der Waals surface area (Å²) in [6, 6.07) is 3.33. The number of likely N-dealkylation sites (tertiary alicyclic amines) is 1. The maximum Gasteiger partial charge on any atom is 0.261 e. The number of aldehydes is 1. The molecule has 0 atom stereocenters. The Hall–Kier alpha value is -1.42. The molecule has 96 valence electrons. The SMILES string of the molecule is O=Cc1cccn(CCN2CC3(CCC3)C2)c1=O. The van der Waals surface area contributed by atoms with E-state index >= 15 is 0 Å². The molecular weight excluding hydrogens is 228 g/mol. The first-order valence-corrected chi connectivity index (χ1v) is 6.59. The summed E-state index contributed by atoms with van der Waals surface area (Å²) < 4.78 is 1.63. The molecule has 4 heteroatoms. The van der Waals surface area contributed by atoms with E-state index < -0.39 is 0 Å². The van der Waals surface area contributed by atoms with Gasteiger partial charge in [0.25, 0.3) is 5.56 Å². The summed E-state index contributed by atoms with van der Waals surface area (Å²) in [5.74, 6) is 0. The van der Waals surface area contributed by atoms with Gasteiger partial charge < -0.3 is 9.47 Å². The van der Waals surface area contributed by atoms with Crippen LogP contribution in [-0.2, 0) is 6.54 Å². The van der Waals surface area contributed by atoms with E-state index in [9.17, 15) is 9.59 Å². The minimum absolute atomic E-state index is 0.175. The van der Waals surface area contributed by atoms with Crippen LogP contribution in [0.2, 0.25) is 0 Å². The molecule has 1 aliphatic heterocycles. The van der Waals surface area contributed by atoms with Gasteiger partial charge in [-0.05, 0) is 30.4 Å². The molecule has 2 heterocycles. The molecule has 2 aliphatic rings. The van der Waals surface area contributed by atoms with Gasteiger partial charge >= 0.3 is 0 Å². The highest BCUT2D eigenvalue weighted by atomic mass is 16.1. The lowest BCUT2D eigenvalue weighted by atomic mass is 9.63. The number of aromatic nitrogens is 1. The topological polar surface area (TPSA) is 42.3 Å². The zero-order valence-electron chi connectivity index (χ0n) is 10.5. The number of carbonyl (C=O) groups excluding carboxylic acids is 1. The molecule has 1 spiro atoms. The molecule has 1 saturated heterocycles. The van der Waals surface area contributed by atoms with Crippen molar-refractivity contribution >= 4 is 6.29 Å². The van der Waals surface area contributed by atoms with Gasteiger partial charge in [-0.3, -0.25) is 9.59 Å². The Morgan fingerprint density at radius 1 is 1.28 bits per heavy atom. The Labute approximate surface area is 106 Å². The quantitative estimate of drug-likeness (QED) is 0.748. The van der Waals surface area contributed by atoms with Gasteiger partial charge in [-0.25, -0.2) is 0 Å². The number of hydrogen-bond donors (Lipinski definition) is 0. The third kappa shape index (κ3) is 1.90. The lowest BCUT2D eigenvalue weighted by Gasteiger charge is -2.56. The first-order chi connectivity index (χ1) is 8.72. The maximum absolute atomic E-state index is 11.8. The average Bonchev–Trinajstić information content (AvgIpc) is 2.27. The number of hydrogen-bond acceptors (Lipinski definition) is 3. The molecule has 2 fully saturated rings. The molecule has 0 N–H and O–H groups in total. The molecule has 0 unspecified atom stereocenters. The number of carbonyl (C=O) groups is 1. The molecule has 0 radical (unpaired) electrons. The third-order valence-electron chi connectivity index (χ3n) is 4.37. The van der Waals surface area contributed by atoms with Crippen molar-refractivity contribution in [2.45, 2.75) is 25.8 Å². The first-order valence-electron chi connectivity index (χ1n) is 6.59. The van der Waals surface area contributed by atoms with Gasteiger partial charge in [0.2, 0.25) is 0 Å². The Kier molecular flexibility index (Phi) is 2.82. The van der Waals surface area contributed by atoms with Crippen LogP contribution in [0.25, 0.3) is 0 Å². The molecule has 0 aromatic carbocycles. The van der Waals surface area contributed by atoms with Crippen LogP contribution in [0.3, 0.4) is 0 Å². The highest BCUT2D eigenvalue weighted by Crippen LogP contribution is 2.47. The molecule has 3 rings (SSSR count). The zero-order chi connectivity index (χ0) is 12.6. The van der Waals surface area contributed by atoms with E-state index in [1.807, 2.05) is 0 Å². The lowest BCUT2D eigenvalue weighted by molar-refractivity contribution is -0.0608. The van der Waals surface area contributed by atoms with Crippen LogP contribution in [0.5, 0.6) is 0 Å². The fourth-order valence-corrected chi connectivity index (χ4v) is 3.12. The van der Waals surface area contributed by atoms with Gasteiger partial charge in [0.05, 0.1) is 5.56 Å². The Bertz CT molecular complexity index is 509. The van der Waals surface area contributed by atoms with Gasteiger partial charge in [0.1, 0.15) is 0 Å². The lowest BCUT2D eigenvalue weighted by Crippen LogP contribution is -2.60. The molecule has 0 amide bonds. The molecule has 18 heavy (non-hydrogen) atoms. The van der Waals surface area contributed by atoms with Crippen molar-refractivity contribution in [3.05, 3.63) is 34.2 Å². The van der Waals surface area contributed by atoms with Crippen molar-refractivity contribution in [1.29, 1.82) is 0 Å². The Morgan fingerprint density at radius 2 is 2.06 bits per heavy atom. The summed E-state index contributed by atoms with van der Waals surface area (Å²) >= 11 is 0. The average molecular weight is 246 g/mol. The van der Waals surface area contributed by atoms with Crippen molar-refractivity contribution in [3.8, 4) is 0 Å². The van der Waals surface area contributed by atoms with Crippen LogP contribution in [0.1, 0.15) is 29.6 Å². The van der Waals surface area contributed by atoms with Crippen molar-refractivity contribution in [2.75, 3.05) is 19.6 Å². The second-order valence-corrected chi connectivity index (χ2v) is 5.64. The molecule has 4 nitrogen and oxygen atoms in total. The molecular formula is C14H18N2O2. The van der Waals surface area contributed by atoms with Gasteiger partial charge in [0, 0.05) is 32.4 Å². The van der Waals surface area contributed by atoms with Crippen LogP contribution in [-0.4, -0.2) is 35.4 Å². The number of rotatable bonds is 4. The summed E-state index contributed by atoms with van der Waals surface area (Å²) in [5.41, 5.74) is 0.707. The summed E-state index contributed by atoms with van der Waals surface area (Å²) in [5, 5.41) is 0. The minimum Gasteiger partial charge on any atom is -0.314 e. The molecule has 1 aromatic rings. The normalized spacial score (nSPS) is 21.3. The van der Waals surface area contributed by atoms with Crippen LogP contribution >= 0.6 is 0 Å². The van der Waals surface area contributed by atoms with E-state index in [4.69, 9.17) is 0 Å². The van der Waals surface area contributed by atoms with E-state index in [2.05, 4.69) is 4.90 Å². The molecule has 1 saturated carbocycles. The van der Waals surface area contributed by atoms with Gasteiger partial charge in [0.15, 0.2) is 6.29 Å². The van der Waals surface area contributed by atoms with Crippen LogP contribution in [0.15, 0.2) is 23.1 Å². The summed E-state index contributed by atoms with van der Waals surface area (Å²) in [6.07, 6.45) is 6.53. The molecule has 1 aromatic heterocycles. The summed E-state index contributed by atoms with van der Waals surface area (Å²) in [4.78, 5) is 24.9. The van der Waals surface area contributed by atoms with Gasteiger partial charge in [-0.2, -0.15) is 0 Å². The van der Waals surface area contributed by atoms with E-state index in [0.717, 1.165) is 6.54 Å². The first kappa shape index (κ1) is 11.7. The second-order valence-electron chi connectivity index (χ2n) is 5.64. The maximum atomic E-state index is 11.8. The van der Waals surface area contributed by atoms with Crippen molar-refractivity contribution < 1.29 is 4.79 Å². The number of pyridine rings is 1. The minimum atomic E-state index is -0.175. The van der Waals surface area contributed by atoms with Crippen molar-refractivity contribution in [3.63, 3.8) is 0 Å². The third-order valence-corrected chi connectivity index (χ3v) is 4.37. The smallest absolute Gasteiger partial charge is 0.261 e. The molecule has 1 aliphatic carbocycles. The van der Waals surface area contributed by atoms with Crippen molar-refractivity contribution in [2.24, 2.45) is 5.41 Å². The monoisotopic (exact) mass is 246 g/mol. The number of nitrogens with zero attached hydrogens (tertiary/aromatic N) is 2. The standard InChI is InChI=1S/C14H18N2O2/c17-9-12-3-1-6-16(13(12)18)8-7-15-10-14(11-15)4-2-5-14/h1,3,6,9H,2,4-5,7-8,10-11H2. The van der Waals surface area contributed by atoms with E-state index in [1.165, 1.54) is 32.4 Å². The van der Waals surface area contributed by atoms with E-state index in [1.54, 1.807) is 22.9 Å². The van der Waals surface area contributed by atoms with E-state index in [0.29, 0.717) is 18.2 Å². The highest BCUT2D eigenvalue weighted by Gasteiger charge is 2.46. The van der Waals surface area contributed by atoms with Crippen molar-refractivity contribution in [1.82, 2.24) is 9.47 Å². The van der Waals surface area contributed by atoms with Gasteiger partial charge in [-0.15, -0.1) is 0 Å². The second kappa shape index (κ2) is 4.35. The Balaban J connectivity index is 1.57. The van der Waals surface area contributed by atoms with Crippen LogP contribution in [0, 0.1) is 5.41 Å². The Morgan fingerprint density at radius 3 is 2.67 bits per heavy atom. The zero-order valence-corrected chi connectivity index (χ0v) is 10.5. The summed E-state index contributed by atoms with van der Waals surface area (Å²) in [6.45, 7) is 3.96.